The molecule has 2 N–H and O–H groups in total. The van der Waals surface area contributed by atoms with Crippen LogP contribution in [0.15, 0.2) is 53.7 Å². The Hall–Kier alpha value is -3.20. The Morgan fingerprint density at radius 1 is 1.04 bits per heavy atom. The van der Waals surface area contributed by atoms with E-state index in [4.69, 9.17) is 0 Å². The number of benzene rings is 2. The van der Waals surface area contributed by atoms with Crippen molar-refractivity contribution in [3.8, 4) is 5.69 Å². The van der Waals surface area contributed by atoms with E-state index in [1.54, 1.807) is 0 Å². The minimum absolute atomic E-state index is 0.00153. The third kappa shape index (κ3) is 4.55. The summed E-state index contributed by atoms with van der Waals surface area (Å²) in [7, 11) is 0. The lowest BCUT2D eigenvalue weighted by Gasteiger charge is -2.10. The number of hydrogen-bond donors (Lipinski definition) is 2. The molecule has 0 aliphatic heterocycles. The Bertz CT molecular complexity index is 1000. The number of hydrazine groups is 1. The van der Waals surface area contributed by atoms with E-state index in [0.717, 1.165) is 11.3 Å². The van der Waals surface area contributed by atoms with E-state index in [1.165, 1.54) is 36.0 Å². The molecule has 0 unspecified atom stereocenters. The number of carbonyl (C=O) groups excluding carboxylic acids is 2. The highest BCUT2D eigenvalue weighted by Gasteiger charge is 2.15. The predicted molar refractivity (Wildman–Crippen MR) is 104 cm³/mol. The molecule has 0 fully saturated rings. The van der Waals surface area contributed by atoms with Crippen LogP contribution in [0.2, 0.25) is 0 Å². The van der Waals surface area contributed by atoms with E-state index in [1.807, 2.05) is 42.7 Å². The van der Waals surface area contributed by atoms with E-state index in [9.17, 15) is 14.0 Å². The molecule has 0 saturated heterocycles. The molecule has 9 heteroatoms. The van der Waals surface area contributed by atoms with Gasteiger partial charge in [0.1, 0.15) is 11.6 Å². The van der Waals surface area contributed by atoms with Crippen LogP contribution in [0, 0.1) is 19.7 Å². The molecule has 2 aromatic carbocycles. The lowest BCUT2D eigenvalue weighted by atomic mass is 10.2. The maximum absolute atomic E-state index is 13.6. The number of thioether (sulfide) groups is 1. The smallest absolute Gasteiger partial charge is 0.272 e. The largest absolute Gasteiger partial charge is 0.274 e. The zero-order chi connectivity index (χ0) is 20.1. The van der Waals surface area contributed by atoms with Crippen molar-refractivity contribution in [2.75, 3.05) is 5.75 Å². The second-order valence-electron chi connectivity index (χ2n) is 5.97. The van der Waals surface area contributed by atoms with Gasteiger partial charge in [0.25, 0.3) is 5.91 Å². The first-order valence-corrected chi connectivity index (χ1v) is 9.40. The summed E-state index contributed by atoms with van der Waals surface area (Å²) < 4.78 is 15.4. The van der Waals surface area contributed by atoms with E-state index in [-0.39, 0.29) is 11.3 Å². The molecule has 3 rings (SSSR count). The average Bonchev–Trinajstić information content (AvgIpc) is 3.06. The van der Waals surface area contributed by atoms with Gasteiger partial charge in [0.2, 0.25) is 5.91 Å². The lowest BCUT2D eigenvalue weighted by molar-refractivity contribution is -0.119. The minimum Gasteiger partial charge on any atom is -0.274 e. The molecule has 0 aliphatic carbocycles. The summed E-state index contributed by atoms with van der Waals surface area (Å²) in [6.45, 7) is 3.82. The number of halogens is 1. The topological polar surface area (TPSA) is 88.9 Å². The number of amides is 2. The van der Waals surface area contributed by atoms with Crippen LogP contribution in [-0.2, 0) is 4.79 Å². The lowest BCUT2D eigenvalue weighted by Crippen LogP contribution is -2.42. The Morgan fingerprint density at radius 3 is 2.46 bits per heavy atom. The Balaban J connectivity index is 1.59. The molecular weight excluding hydrogens is 381 g/mol. The highest BCUT2D eigenvalue weighted by molar-refractivity contribution is 7.99. The second-order valence-corrected chi connectivity index (χ2v) is 6.91. The number of hydrogen-bond acceptors (Lipinski definition) is 5. The van der Waals surface area contributed by atoms with Crippen molar-refractivity contribution in [1.82, 2.24) is 25.6 Å². The average molecular weight is 399 g/mol. The van der Waals surface area contributed by atoms with Crippen LogP contribution in [-0.4, -0.2) is 32.3 Å². The van der Waals surface area contributed by atoms with Gasteiger partial charge in [0, 0.05) is 5.69 Å². The highest BCUT2D eigenvalue weighted by Crippen LogP contribution is 2.21. The van der Waals surface area contributed by atoms with Crippen molar-refractivity contribution in [3.05, 3.63) is 71.3 Å². The van der Waals surface area contributed by atoms with Crippen LogP contribution in [0.3, 0.4) is 0 Å². The zero-order valence-electron chi connectivity index (χ0n) is 15.3. The molecule has 28 heavy (non-hydrogen) atoms. The van der Waals surface area contributed by atoms with Gasteiger partial charge in [0.05, 0.1) is 11.3 Å². The fraction of sp³-hybridized carbons (Fsp3) is 0.158. The third-order valence-electron chi connectivity index (χ3n) is 3.85. The molecule has 144 valence electrons. The highest BCUT2D eigenvalue weighted by atomic mass is 32.2. The standard InChI is InChI=1S/C19H18FN5O2S/c1-12-7-9-14(10-8-12)25-13(2)21-24-19(25)28-11-17(26)22-23-18(27)15-5-3-4-6-16(15)20/h3-10H,11H2,1-2H3,(H,22,26)(H,23,27). The van der Waals surface area contributed by atoms with Crippen molar-refractivity contribution < 1.29 is 14.0 Å². The number of rotatable bonds is 5. The Morgan fingerprint density at radius 2 is 1.75 bits per heavy atom. The molecule has 0 atom stereocenters. The van der Waals surface area contributed by atoms with E-state index in [0.29, 0.717) is 11.0 Å². The number of aromatic nitrogens is 3. The van der Waals surface area contributed by atoms with Crippen LogP contribution in [0.1, 0.15) is 21.7 Å². The third-order valence-corrected chi connectivity index (χ3v) is 4.78. The summed E-state index contributed by atoms with van der Waals surface area (Å²) in [5.74, 6) is -1.15. The fourth-order valence-corrected chi connectivity index (χ4v) is 3.23. The first kappa shape index (κ1) is 19.6. The van der Waals surface area contributed by atoms with Crippen LogP contribution < -0.4 is 10.9 Å². The normalized spacial score (nSPS) is 10.5. The van der Waals surface area contributed by atoms with Gasteiger partial charge >= 0.3 is 0 Å². The maximum atomic E-state index is 13.6. The molecule has 7 nitrogen and oxygen atoms in total. The van der Waals surface area contributed by atoms with Crippen LogP contribution in [0.25, 0.3) is 5.69 Å². The van der Waals surface area contributed by atoms with E-state index in [2.05, 4.69) is 21.0 Å². The number of aryl methyl sites for hydroxylation is 2. The van der Waals surface area contributed by atoms with E-state index < -0.39 is 17.6 Å². The van der Waals surface area contributed by atoms with Gasteiger partial charge in [-0.25, -0.2) is 4.39 Å². The summed E-state index contributed by atoms with van der Waals surface area (Å²) in [4.78, 5) is 24.0. The van der Waals surface area contributed by atoms with Crippen molar-refractivity contribution in [1.29, 1.82) is 0 Å². The summed E-state index contributed by atoms with van der Waals surface area (Å²) in [5.41, 5.74) is 6.34. The molecule has 0 aliphatic rings. The van der Waals surface area contributed by atoms with Crippen molar-refractivity contribution >= 4 is 23.6 Å². The summed E-state index contributed by atoms with van der Waals surface area (Å²) in [6.07, 6.45) is 0. The van der Waals surface area contributed by atoms with Gasteiger partial charge in [-0.2, -0.15) is 0 Å². The van der Waals surface area contributed by atoms with Crippen molar-refractivity contribution in [3.63, 3.8) is 0 Å². The first-order chi connectivity index (χ1) is 13.5. The summed E-state index contributed by atoms with van der Waals surface area (Å²) in [5, 5.41) is 8.72. The molecule has 0 spiro atoms. The maximum Gasteiger partial charge on any atom is 0.272 e. The van der Waals surface area contributed by atoms with Gasteiger partial charge in [-0.15, -0.1) is 10.2 Å². The Kier molecular flexibility index (Phi) is 6.05. The van der Waals surface area contributed by atoms with Crippen molar-refractivity contribution in [2.45, 2.75) is 19.0 Å². The molecule has 0 radical (unpaired) electrons. The Labute approximate surface area is 165 Å². The predicted octanol–water partition coefficient (Wildman–Crippen LogP) is 2.58. The molecule has 0 bridgehead atoms. The minimum atomic E-state index is -0.727. The molecule has 0 saturated carbocycles. The van der Waals surface area contributed by atoms with Gasteiger partial charge in [0.15, 0.2) is 5.16 Å². The van der Waals surface area contributed by atoms with Crippen LogP contribution in [0.4, 0.5) is 4.39 Å². The van der Waals surface area contributed by atoms with Crippen LogP contribution >= 0.6 is 11.8 Å². The van der Waals surface area contributed by atoms with Crippen molar-refractivity contribution in [2.24, 2.45) is 0 Å². The summed E-state index contributed by atoms with van der Waals surface area (Å²) in [6, 6.07) is 13.4. The number of carbonyl (C=O) groups is 2. The molecule has 1 heterocycles. The zero-order valence-corrected chi connectivity index (χ0v) is 16.1. The SMILES string of the molecule is Cc1ccc(-n2c(C)nnc2SCC(=O)NNC(=O)c2ccccc2F)cc1. The monoisotopic (exact) mass is 399 g/mol. The molecule has 1 aromatic heterocycles. The van der Waals surface area contributed by atoms with Gasteiger partial charge in [-0.1, -0.05) is 41.6 Å². The molecule has 2 amide bonds. The van der Waals surface area contributed by atoms with Gasteiger partial charge < -0.3 is 0 Å². The molecular formula is C19H18FN5O2S. The van der Waals surface area contributed by atoms with E-state index >= 15 is 0 Å². The van der Waals surface area contributed by atoms with Crippen LogP contribution in [0.5, 0.6) is 0 Å². The molecule has 3 aromatic rings. The van der Waals surface area contributed by atoms with Gasteiger partial charge in [-0.05, 0) is 38.1 Å². The first-order valence-electron chi connectivity index (χ1n) is 8.41. The summed E-state index contributed by atoms with van der Waals surface area (Å²) >= 11 is 1.18. The van der Waals surface area contributed by atoms with Gasteiger partial charge in [-0.3, -0.25) is 25.0 Å². The number of nitrogens with zero attached hydrogens (tertiary/aromatic N) is 3. The quantitative estimate of drug-likeness (QED) is 0.509. The number of nitrogens with one attached hydrogen (secondary N) is 2. The fourth-order valence-electron chi connectivity index (χ4n) is 2.43. The second kappa shape index (κ2) is 8.66.